The SMILES string of the molecule is CN(C)C(=O)c1cccc(S(=O)(=O)N2CSC[C@@H]2C(=O)O[C@@H](Cc2c(Cl)c[n+]([O-])cc2Cl)c2ccc(OC(F)F)c(OCC3CC3)c2)c1.S. The van der Waals surface area contributed by atoms with Crippen LogP contribution in [0.25, 0.3) is 0 Å². The first kappa shape index (κ1) is 38.8. The van der Waals surface area contributed by atoms with Crippen LogP contribution in [0.2, 0.25) is 10.0 Å². The van der Waals surface area contributed by atoms with Gasteiger partial charge in [-0.05, 0) is 54.7 Å². The molecule has 1 aromatic heterocycles. The first-order valence-electron chi connectivity index (χ1n) is 14.6. The molecule has 49 heavy (non-hydrogen) atoms. The van der Waals surface area contributed by atoms with Gasteiger partial charge in [0.05, 0.1) is 17.4 Å². The van der Waals surface area contributed by atoms with E-state index in [9.17, 15) is 32.0 Å². The van der Waals surface area contributed by atoms with Crippen molar-refractivity contribution >= 4 is 70.4 Å². The lowest BCUT2D eigenvalue weighted by molar-refractivity contribution is -0.605. The zero-order valence-corrected chi connectivity index (χ0v) is 30.3. The van der Waals surface area contributed by atoms with Gasteiger partial charge in [-0.15, -0.1) is 11.8 Å². The number of sulfonamides is 1. The number of benzene rings is 2. The summed E-state index contributed by atoms with van der Waals surface area (Å²) in [5.41, 5.74) is 0.697. The quantitative estimate of drug-likeness (QED) is 0.127. The Labute approximate surface area is 303 Å². The number of amides is 1. The molecule has 0 spiro atoms. The van der Waals surface area contributed by atoms with Crippen LogP contribution >= 0.6 is 48.5 Å². The Bertz CT molecular complexity index is 1780. The standard InChI is InChI=1S/C31H31Cl2F2N3O8S2.H2S/c1-36(2)29(39)20-4-3-5-21(10-20)48(42,43)38-17-47-16-25(38)30(40)45-27(12-22-23(32)13-37(41)14-24(22)33)19-8-9-26(46-31(34)35)28(11-19)44-15-18-6-7-18;/h3-5,8-11,13-14,18,25,27,31H,6-7,12,15-17H2,1-2H3;1H2/t25-,27+;/m1./s1. The third kappa shape index (κ3) is 9.41. The summed E-state index contributed by atoms with van der Waals surface area (Å²) < 4.78 is 71.8. The average molecular weight is 781 g/mol. The molecule has 2 aromatic carbocycles. The Morgan fingerprint density at radius 3 is 2.43 bits per heavy atom. The Hall–Kier alpha value is -3.02. The molecule has 18 heteroatoms. The van der Waals surface area contributed by atoms with Crippen molar-refractivity contribution < 1.29 is 45.7 Å². The predicted octanol–water partition coefficient (Wildman–Crippen LogP) is 5.42. The number of halogens is 4. The fraction of sp³-hybridized carbons (Fsp3) is 0.387. The molecule has 1 aliphatic carbocycles. The number of aromatic nitrogens is 1. The molecule has 2 atom stereocenters. The van der Waals surface area contributed by atoms with E-state index >= 15 is 0 Å². The number of carbonyl (C=O) groups excluding carboxylic acids is 2. The maximum atomic E-state index is 13.8. The van der Waals surface area contributed by atoms with E-state index in [-0.39, 0.29) is 87.2 Å². The van der Waals surface area contributed by atoms with E-state index in [0.29, 0.717) is 4.73 Å². The third-order valence-corrected chi connectivity index (χ3v) is 11.3. The number of thioether (sulfide) groups is 1. The van der Waals surface area contributed by atoms with Crippen molar-refractivity contribution in [3.63, 3.8) is 0 Å². The van der Waals surface area contributed by atoms with Gasteiger partial charge in [0.25, 0.3) is 5.91 Å². The molecular formula is C31H33Cl2F2N3O8S3. The second kappa shape index (κ2) is 16.3. The van der Waals surface area contributed by atoms with Gasteiger partial charge in [-0.3, -0.25) is 9.59 Å². The molecule has 0 radical (unpaired) electrons. The minimum atomic E-state index is -4.27. The molecule has 11 nitrogen and oxygen atoms in total. The van der Waals surface area contributed by atoms with Gasteiger partial charge in [-0.25, -0.2) is 8.42 Å². The summed E-state index contributed by atoms with van der Waals surface area (Å²) in [6.07, 6.45) is 2.67. The van der Waals surface area contributed by atoms with E-state index in [0.717, 1.165) is 29.5 Å². The molecule has 0 unspecified atom stereocenters. The summed E-state index contributed by atoms with van der Waals surface area (Å²) in [7, 11) is -1.19. The number of pyridine rings is 1. The largest absolute Gasteiger partial charge is 0.619 e. The second-order valence-corrected chi connectivity index (χ2v) is 15.1. The zero-order chi connectivity index (χ0) is 34.7. The molecule has 0 bridgehead atoms. The first-order chi connectivity index (χ1) is 22.7. The molecule has 0 N–H and O–H groups in total. The highest BCUT2D eigenvalue weighted by molar-refractivity contribution is 8.00. The van der Waals surface area contributed by atoms with E-state index < -0.39 is 40.7 Å². The monoisotopic (exact) mass is 779 g/mol. The summed E-state index contributed by atoms with van der Waals surface area (Å²) in [6.45, 7) is -2.86. The number of hydrogen-bond acceptors (Lipinski definition) is 9. The van der Waals surface area contributed by atoms with Gasteiger partial charge >= 0.3 is 12.6 Å². The fourth-order valence-electron chi connectivity index (χ4n) is 4.91. The molecule has 2 aliphatic rings. The normalized spacial score (nSPS) is 16.9. The van der Waals surface area contributed by atoms with Crippen molar-refractivity contribution in [2.75, 3.05) is 32.3 Å². The van der Waals surface area contributed by atoms with E-state index in [2.05, 4.69) is 4.74 Å². The third-order valence-electron chi connectivity index (χ3n) is 7.64. The molecule has 1 aliphatic heterocycles. The Kier molecular flexibility index (Phi) is 12.9. The van der Waals surface area contributed by atoms with E-state index in [4.69, 9.17) is 32.7 Å². The number of nitrogens with zero attached hydrogens (tertiary/aromatic N) is 3. The van der Waals surface area contributed by atoms with Gasteiger partial charge in [0.15, 0.2) is 23.9 Å². The van der Waals surface area contributed by atoms with Crippen molar-refractivity contribution in [2.24, 2.45) is 5.92 Å². The zero-order valence-electron chi connectivity index (χ0n) is 26.2. The van der Waals surface area contributed by atoms with Crippen molar-refractivity contribution in [2.45, 2.75) is 42.9 Å². The lowest BCUT2D eigenvalue weighted by Gasteiger charge is -2.26. The van der Waals surface area contributed by atoms with Crippen LogP contribution in [0.15, 0.2) is 59.8 Å². The van der Waals surface area contributed by atoms with E-state index in [1.165, 1.54) is 59.1 Å². The Morgan fingerprint density at radius 2 is 1.80 bits per heavy atom. The smallest absolute Gasteiger partial charge is 0.387 e. The number of carbonyl (C=O) groups is 2. The number of hydrogen-bond donors (Lipinski definition) is 0. The van der Waals surface area contributed by atoms with Crippen molar-refractivity contribution in [3.05, 3.63) is 86.8 Å². The van der Waals surface area contributed by atoms with Gasteiger partial charge in [0.2, 0.25) is 10.0 Å². The molecule has 1 saturated carbocycles. The van der Waals surface area contributed by atoms with Gasteiger partial charge in [0.1, 0.15) is 22.2 Å². The first-order valence-corrected chi connectivity index (χ1v) is 18.0. The molecule has 266 valence electrons. The number of rotatable bonds is 13. The molecule has 3 aromatic rings. The van der Waals surface area contributed by atoms with Gasteiger partial charge in [0, 0.05) is 37.4 Å². The summed E-state index contributed by atoms with van der Waals surface area (Å²) >= 11 is 13.9. The molecule has 5 rings (SSSR count). The van der Waals surface area contributed by atoms with E-state index in [1.54, 1.807) is 14.1 Å². The Morgan fingerprint density at radius 1 is 1.10 bits per heavy atom. The second-order valence-electron chi connectivity index (χ2n) is 11.4. The van der Waals surface area contributed by atoms with Crippen LogP contribution in [0.1, 0.15) is 40.4 Å². The minimum absolute atomic E-state index is 0. The highest BCUT2D eigenvalue weighted by Gasteiger charge is 2.42. The highest BCUT2D eigenvalue weighted by Crippen LogP contribution is 2.39. The average Bonchev–Trinajstić information content (AvgIpc) is 3.72. The molecule has 1 saturated heterocycles. The van der Waals surface area contributed by atoms with Gasteiger partial charge < -0.3 is 24.3 Å². The maximum absolute atomic E-state index is 13.8. The Balaban J connectivity index is 0.00000541. The summed E-state index contributed by atoms with van der Waals surface area (Å²) in [5, 5.41) is 11.9. The lowest BCUT2D eigenvalue weighted by Crippen LogP contribution is -2.43. The van der Waals surface area contributed by atoms with Crippen LogP contribution < -0.4 is 14.2 Å². The number of ether oxygens (including phenoxy) is 3. The van der Waals surface area contributed by atoms with Crippen molar-refractivity contribution in [1.82, 2.24) is 9.21 Å². The van der Waals surface area contributed by atoms with Gasteiger partial charge in [-0.1, -0.05) is 35.3 Å². The minimum Gasteiger partial charge on any atom is -0.619 e. The van der Waals surface area contributed by atoms with Crippen LogP contribution in [0, 0.1) is 11.1 Å². The van der Waals surface area contributed by atoms with E-state index in [1.807, 2.05) is 0 Å². The molecule has 2 heterocycles. The van der Waals surface area contributed by atoms with Crippen LogP contribution in [0.5, 0.6) is 11.5 Å². The van der Waals surface area contributed by atoms with Crippen molar-refractivity contribution in [3.8, 4) is 11.5 Å². The van der Waals surface area contributed by atoms with Crippen LogP contribution in [0.4, 0.5) is 8.78 Å². The fourth-order valence-corrected chi connectivity index (χ4v) is 8.68. The van der Waals surface area contributed by atoms with Crippen LogP contribution in [0.3, 0.4) is 0 Å². The predicted molar refractivity (Wildman–Crippen MR) is 184 cm³/mol. The topological polar surface area (TPSA) is 129 Å². The number of esters is 1. The van der Waals surface area contributed by atoms with Crippen molar-refractivity contribution in [1.29, 1.82) is 0 Å². The summed E-state index contributed by atoms with van der Waals surface area (Å²) in [4.78, 5) is 27.5. The molecular weight excluding hydrogens is 747 g/mol. The maximum Gasteiger partial charge on any atom is 0.387 e. The van der Waals surface area contributed by atoms with Crippen LogP contribution in [-0.4, -0.2) is 74.5 Å². The molecule has 1 amide bonds. The van der Waals surface area contributed by atoms with Crippen LogP contribution in [-0.2, 0) is 26.0 Å². The lowest BCUT2D eigenvalue weighted by atomic mass is 10.0. The van der Waals surface area contributed by atoms with Gasteiger partial charge in [-0.2, -0.15) is 31.3 Å². The highest BCUT2D eigenvalue weighted by atomic mass is 35.5. The summed E-state index contributed by atoms with van der Waals surface area (Å²) in [5.74, 6) is -1.23. The number of alkyl halides is 2. The summed E-state index contributed by atoms with van der Waals surface area (Å²) in [6, 6.07) is 8.33. The molecule has 2 fully saturated rings.